The first-order valence-corrected chi connectivity index (χ1v) is 13.6. The standard InChI is InChI=1S/C25H29Cl2NO4S/c1-16-13-20(14-17(2)25(16)27)32-12-6-7-21-18(3)28(11-10-19(29)15-33(4,30)31)23-9-5-8-22(26)24(21)23/h5,8-9,13-14H,6-7,10-12,15H2,1-4H3. The molecule has 33 heavy (non-hydrogen) atoms. The predicted molar refractivity (Wildman–Crippen MR) is 136 cm³/mol. The van der Waals surface area contributed by atoms with E-state index in [1.807, 2.05) is 51.1 Å². The fourth-order valence-corrected chi connectivity index (χ4v) is 5.31. The Balaban J connectivity index is 1.75. The number of sulfone groups is 1. The molecule has 2 aromatic carbocycles. The molecule has 0 bridgehead atoms. The number of nitrogens with zero attached hydrogens (tertiary/aromatic N) is 1. The van der Waals surface area contributed by atoms with Crippen molar-refractivity contribution in [2.24, 2.45) is 0 Å². The monoisotopic (exact) mass is 509 g/mol. The molecule has 0 aliphatic rings. The van der Waals surface area contributed by atoms with Gasteiger partial charge in [-0.2, -0.15) is 0 Å². The molecule has 0 amide bonds. The second kappa shape index (κ2) is 10.5. The number of Topliss-reactive ketones (excluding diaryl/α,β-unsaturated/α-hetero) is 1. The summed E-state index contributed by atoms with van der Waals surface area (Å²) >= 11 is 12.8. The molecule has 0 spiro atoms. The van der Waals surface area contributed by atoms with Crippen LogP contribution < -0.4 is 4.74 Å². The summed E-state index contributed by atoms with van der Waals surface area (Å²) in [5.41, 5.74) is 5.08. The molecule has 0 aliphatic carbocycles. The molecule has 0 fully saturated rings. The highest BCUT2D eigenvalue weighted by Gasteiger charge is 2.18. The van der Waals surface area contributed by atoms with Crippen LogP contribution in [0.25, 0.3) is 10.9 Å². The van der Waals surface area contributed by atoms with Gasteiger partial charge in [-0.3, -0.25) is 4.79 Å². The van der Waals surface area contributed by atoms with Crippen LogP contribution in [-0.4, -0.2) is 37.4 Å². The molecule has 178 valence electrons. The fraction of sp³-hybridized carbons (Fsp3) is 0.400. The van der Waals surface area contributed by atoms with Crippen LogP contribution in [0.4, 0.5) is 0 Å². The quantitative estimate of drug-likeness (QED) is 0.319. The van der Waals surface area contributed by atoms with Gasteiger partial charge in [-0.05, 0) is 74.6 Å². The molecular formula is C25H29Cl2NO4S. The van der Waals surface area contributed by atoms with Gasteiger partial charge >= 0.3 is 0 Å². The molecule has 3 rings (SSSR count). The van der Waals surface area contributed by atoms with Gasteiger partial charge in [0.2, 0.25) is 0 Å². The molecule has 0 atom stereocenters. The van der Waals surface area contributed by atoms with Crippen LogP contribution in [0.2, 0.25) is 10.0 Å². The van der Waals surface area contributed by atoms with Crippen LogP contribution in [0.3, 0.4) is 0 Å². The number of ketones is 1. The number of ether oxygens (including phenoxy) is 1. The molecule has 0 saturated carbocycles. The Morgan fingerprint density at radius 3 is 2.39 bits per heavy atom. The maximum Gasteiger partial charge on any atom is 0.154 e. The Hall–Kier alpha value is -2.02. The summed E-state index contributed by atoms with van der Waals surface area (Å²) < 4.78 is 30.9. The maximum atomic E-state index is 12.1. The molecular weight excluding hydrogens is 481 g/mol. The Morgan fingerprint density at radius 2 is 1.76 bits per heavy atom. The second-order valence-electron chi connectivity index (χ2n) is 8.53. The SMILES string of the molecule is Cc1cc(OCCCc2c(C)n(CCC(=O)CS(C)(=O)=O)c3cccc(Cl)c23)cc(C)c1Cl. The second-order valence-corrected chi connectivity index (χ2v) is 11.5. The van der Waals surface area contributed by atoms with E-state index in [1.54, 1.807) is 0 Å². The van der Waals surface area contributed by atoms with Gasteiger partial charge in [0.15, 0.2) is 9.84 Å². The van der Waals surface area contributed by atoms with Crippen molar-refractivity contribution in [2.75, 3.05) is 18.6 Å². The lowest BCUT2D eigenvalue weighted by Crippen LogP contribution is -2.16. The Morgan fingerprint density at radius 1 is 1.09 bits per heavy atom. The third kappa shape index (κ3) is 6.31. The van der Waals surface area contributed by atoms with Crippen LogP contribution in [-0.2, 0) is 27.6 Å². The number of rotatable bonds is 10. The highest BCUT2D eigenvalue weighted by Crippen LogP contribution is 2.33. The third-order valence-electron chi connectivity index (χ3n) is 5.71. The van der Waals surface area contributed by atoms with Crippen molar-refractivity contribution in [2.45, 2.75) is 46.6 Å². The van der Waals surface area contributed by atoms with Crippen molar-refractivity contribution in [3.8, 4) is 5.75 Å². The van der Waals surface area contributed by atoms with Crippen molar-refractivity contribution in [3.05, 3.63) is 62.8 Å². The summed E-state index contributed by atoms with van der Waals surface area (Å²) in [6.45, 7) is 6.90. The smallest absolute Gasteiger partial charge is 0.154 e. The number of halogens is 2. The first kappa shape index (κ1) is 25.6. The van der Waals surface area contributed by atoms with E-state index in [0.29, 0.717) is 18.2 Å². The minimum atomic E-state index is -3.33. The first-order chi connectivity index (χ1) is 15.5. The van der Waals surface area contributed by atoms with Crippen molar-refractivity contribution in [1.82, 2.24) is 4.57 Å². The van der Waals surface area contributed by atoms with Gasteiger partial charge in [-0.15, -0.1) is 0 Å². The Bertz CT molecular complexity index is 1270. The predicted octanol–water partition coefficient (Wildman–Crippen LogP) is 5.89. The molecule has 0 unspecified atom stereocenters. The van der Waals surface area contributed by atoms with Gasteiger partial charge in [-0.25, -0.2) is 8.42 Å². The summed E-state index contributed by atoms with van der Waals surface area (Å²) in [5, 5.41) is 2.40. The van der Waals surface area contributed by atoms with E-state index in [1.165, 1.54) is 0 Å². The van der Waals surface area contributed by atoms with Crippen molar-refractivity contribution in [1.29, 1.82) is 0 Å². The van der Waals surface area contributed by atoms with Gasteiger partial charge in [0.05, 0.1) is 17.1 Å². The molecule has 3 aromatic rings. The normalized spacial score (nSPS) is 11.8. The molecule has 1 aromatic heterocycles. The molecule has 0 radical (unpaired) electrons. The van der Waals surface area contributed by atoms with Gasteiger partial charge in [0.25, 0.3) is 0 Å². The third-order valence-corrected chi connectivity index (χ3v) is 7.47. The van der Waals surface area contributed by atoms with Crippen molar-refractivity contribution in [3.63, 3.8) is 0 Å². The number of aryl methyl sites for hydroxylation is 4. The molecule has 5 nitrogen and oxygen atoms in total. The van der Waals surface area contributed by atoms with Crippen molar-refractivity contribution >= 4 is 49.7 Å². The topological polar surface area (TPSA) is 65.4 Å². The van der Waals surface area contributed by atoms with E-state index in [4.69, 9.17) is 27.9 Å². The highest BCUT2D eigenvalue weighted by atomic mass is 35.5. The summed E-state index contributed by atoms with van der Waals surface area (Å²) in [4.78, 5) is 12.1. The summed E-state index contributed by atoms with van der Waals surface area (Å²) in [6.07, 6.45) is 2.79. The summed E-state index contributed by atoms with van der Waals surface area (Å²) in [7, 11) is -3.33. The zero-order valence-corrected chi connectivity index (χ0v) is 21.7. The fourth-order valence-electron chi connectivity index (χ4n) is 4.18. The number of aromatic nitrogens is 1. The molecule has 0 N–H and O–H groups in total. The van der Waals surface area contributed by atoms with E-state index in [9.17, 15) is 13.2 Å². The Labute approximate surface area is 205 Å². The average molecular weight is 510 g/mol. The van der Waals surface area contributed by atoms with E-state index in [0.717, 1.165) is 63.2 Å². The van der Waals surface area contributed by atoms with E-state index < -0.39 is 15.6 Å². The number of fused-ring (bicyclic) bond motifs is 1. The highest BCUT2D eigenvalue weighted by molar-refractivity contribution is 7.91. The van der Waals surface area contributed by atoms with Crippen LogP contribution in [0, 0.1) is 20.8 Å². The van der Waals surface area contributed by atoms with Gasteiger partial charge in [0, 0.05) is 35.3 Å². The van der Waals surface area contributed by atoms with Gasteiger partial charge in [0.1, 0.15) is 17.3 Å². The summed E-state index contributed by atoms with van der Waals surface area (Å²) in [6, 6.07) is 9.61. The lowest BCUT2D eigenvalue weighted by Gasteiger charge is -2.11. The molecule has 8 heteroatoms. The first-order valence-electron chi connectivity index (χ1n) is 10.8. The van der Waals surface area contributed by atoms with Crippen LogP contribution in [0.1, 0.15) is 35.2 Å². The van der Waals surface area contributed by atoms with E-state index >= 15 is 0 Å². The minimum absolute atomic E-state index is 0.155. The summed E-state index contributed by atoms with van der Waals surface area (Å²) in [5.74, 6) is 0.0834. The lowest BCUT2D eigenvalue weighted by atomic mass is 10.1. The molecule has 0 aliphatic heterocycles. The van der Waals surface area contributed by atoms with E-state index in [-0.39, 0.29) is 12.2 Å². The van der Waals surface area contributed by atoms with Gasteiger partial charge in [-0.1, -0.05) is 29.3 Å². The number of hydrogen-bond acceptors (Lipinski definition) is 4. The lowest BCUT2D eigenvalue weighted by molar-refractivity contribution is -0.116. The maximum absolute atomic E-state index is 12.1. The van der Waals surface area contributed by atoms with Crippen LogP contribution in [0.15, 0.2) is 30.3 Å². The zero-order valence-electron chi connectivity index (χ0n) is 19.4. The number of carbonyl (C=O) groups is 1. The molecule has 1 heterocycles. The minimum Gasteiger partial charge on any atom is -0.494 e. The van der Waals surface area contributed by atoms with E-state index in [2.05, 4.69) is 4.57 Å². The number of carbonyl (C=O) groups excluding carboxylic acids is 1. The average Bonchev–Trinajstić information content (AvgIpc) is 2.98. The number of hydrogen-bond donors (Lipinski definition) is 0. The Kier molecular flexibility index (Phi) is 8.14. The van der Waals surface area contributed by atoms with Crippen molar-refractivity contribution < 1.29 is 17.9 Å². The number of benzene rings is 2. The van der Waals surface area contributed by atoms with Crippen LogP contribution in [0.5, 0.6) is 5.75 Å². The largest absolute Gasteiger partial charge is 0.494 e. The van der Waals surface area contributed by atoms with Crippen LogP contribution >= 0.6 is 23.2 Å². The van der Waals surface area contributed by atoms with Gasteiger partial charge < -0.3 is 9.30 Å². The molecule has 0 saturated heterocycles. The zero-order chi connectivity index (χ0) is 24.3.